The summed E-state index contributed by atoms with van der Waals surface area (Å²) in [6.07, 6.45) is 2.65. The molecule has 0 fully saturated rings. The standard InChI is InChI=1S/C22H20Cl2N4O3S2/c1-9-6-7-11-14(8-9)33-21(16(11)19(25)29)27-22(32)26-20(30)15-10(2)31-28-18(15)17-12(23)4-3-5-13(17)24/h3-5,9H,6-8H2,1-2H3,(H2,25,29)(H2,26,27,30,32)/t9-/m1/s1. The molecule has 0 aliphatic heterocycles. The zero-order valence-electron chi connectivity index (χ0n) is 17.8. The van der Waals surface area contributed by atoms with E-state index in [9.17, 15) is 9.59 Å². The van der Waals surface area contributed by atoms with Gasteiger partial charge in [0, 0.05) is 10.4 Å². The number of thiophene rings is 1. The van der Waals surface area contributed by atoms with Gasteiger partial charge in [-0.05, 0) is 62.0 Å². The molecular weight excluding hydrogens is 503 g/mol. The first-order chi connectivity index (χ1) is 15.7. The summed E-state index contributed by atoms with van der Waals surface area (Å²) >= 11 is 19.4. The lowest BCUT2D eigenvalue weighted by atomic mass is 9.88. The van der Waals surface area contributed by atoms with Crippen LogP contribution >= 0.6 is 46.8 Å². The number of rotatable bonds is 4. The van der Waals surface area contributed by atoms with E-state index in [4.69, 9.17) is 45.7 Å². The molecule has 0 saturated carbocycles. The van der Waals surface area contributed by atoms with E-state index in [-0.39, 0.29) is 22.1 Å². The molecular formula is C22H20Cl2N4O3S2. The van der Waals surface area contributed by atoms with Crippen molar-refractivity contribution >= 4 is 68.7 Å². The normalized spacial score (nSPS) is 15.1. The number of fused-ring (bicyclic) bond motifs is 1. The Labute approximate surface area is 209 Å². The van der Waals surface area contributed by atoms with Crippen LogP contribution in [0.15, 0.2) is 22.7 Å². The largest absolute Gasteiger partial charge is 0.365 e. The van der Waals surface area contributed by atoms with E-state index in [1.54, 1.807) is 25.1 Å². The number of thiocarbonyl (C=S) groups is 1. The zero-order valence-corrected chi connectivity index (χ0v) is 20.9. The van der Waals surface area contributed by atoms with Crippen LogP contribution in [-0.2, 0) is 12.8 Å². The van der Waals surface area contributed by atoms with Gasteiger partial charge in [0.15, 0.2) is 5.11 Å². The van der Waals surface area contributed by atoms with Gasteiger partial charge in [-0.2, -0.15) is 0 Å². The van der Waals surface area contributed by atoms with Gasteiger partial charge in [-0.25, -0.2) is 0 Å². The minimum absolute atomic E-state index is 0.0194. The first-order valence-electron chi connectivity index (χ1n) is 10.1. The molecule has 1 aromatic carbocycles. The van der Waals surface area contributed by atoms with Crippen LogP contribution in [0.3, 0.4) is 0 Å². The predicted octanol–water partition coefficient (Wildman–Crippen LogP) is 5.37. The summed E-state index contributed by atoms with van der Waals surface area (Å²) in [7, 11) is 0. The number of hydrogen-bond acceptors (Lipinski definition) is 6. The van der Waals surface area contributed by atoms with Gasteiger partial charge >= 0.3 is 0 Å². The van der Waals surface area contributed by atoms with Crippen LogP contribution < -0.4 is 16.4 Å². The monoisotopic (exact) mass is 522 g/mol. The number of anilines is 1. The van der Waals surface area contributed by atoms with E-state index in [1.807, 2.05) is 0 Å². The third-order valence-corrected chi connectivity index (χ3v) is 7.51. The summed E-state index contributed by atoms with van der Waals surface area (Å²) in [5.41, 5.74) is 7.81. The Kier molecular flexibility index (Phi) is 6.76. The number of benzene rings is 1. The summed E-state index contributed by atoms with van der Waals surface area (Å²) in [6, 6.07) is 4.98. The quantitative estimate of drug-likeness (QED) is 0.397. The highest BCUT2D eigenvalue weighted by Crippen LogP contribution is 2.40. The summed E-state index contributed by atoms with van der Waals surface area (Å²) < 4.78 is 5.25. The Morgan fingerprint density at radius 1 is 1.27 bits per heavy atom. The Morgan fingerprint density at radius 3 is 2.64 bits per heavy atom. The molecule has 2 amide bonds. The SMILES string of the molecule is Cc1onc(-c2c(Cl)cccc2Cl)c1C(=O)NC(=S)Nc1sc2c(c1C(N)=O)CC[C@@H](C)C2. The fourth-order valence-electron chi connectivity index (χ4n) is 3.93. The third kappa shape index (κ3) is 4.63. The lowest BCUT2D eigenvalue weighted by molar-refractivity contribution is 0.0974. The summed E-state index contributed by atoms with van der Waals surface area (Å²) in [5.74, 6) is -0.264. The number of nitrogens with zero attached hydrogens (tertiary/aromatic N) is 1. The van der Waals surface area contributed by atoms with Crippen LogP contribution in [0.2, 0.25) is 10.0 Å². The van der Waals surface area contributed by atoms with Crippen LogP contribution in [0.1, 0.15) is 50.3 Å². The van der Waals surface area contributed by atoms with Crippen LogP contribution in [0.5, 0.6) is 0 Å². The van der Waals surface area contributed by atoms with Gasteiger partial charge in [0.25, 0.3) is 11.8 Å². The topological polar surface area (TPSA) is 110 Å². The molecule has 0 radical (unpaired) electrons. The number of aromatic nitrogens is 1. The second-order valence-corrected chi connectivity index (χ2v) is 10.2. The molecule has 0 saturated heterocycles. The van der Waals surface area contributed by atoms with Crippen molar-refractivity contribution in [3.63, 3.8) is 0 Å². The van der Waals surface area contributed by atoms with Gasteiger partial charge in [0.2, 0.25) is 0 Å². The molecule has 4 N–H and O–H groups in total. The second-order valence-electron chi connectivity index (χ2n) is 7.89. The summed E-state index contributed by atoms with van der Waals surface area (Å²) in [6.45, 7) is 3.78. The number of primary amides is 1. The maximum Gasteiger partial charge on any atom is 0.263 e. The predicted molar refractivity (Wildman–Crippen MR) is 134 cm³/mol. The van der Waals surface area contributed by atoms with E-state index in [1.165, 1.54) is 11.3 Å². The van der Waals surface area contributed by atoms with Crippen molar-refractivity contribution in [1.29, 1.82) is 0 Å². The van der Waals surface area contributed by atoms with Crippen LogP contribution in [0, 0.1) is 12.8 Å². The lowest BCUT2D eigenvalue weighted by Crippen LogP contribution is -2.35. The van der Waals surface area contributed by atoms with Gasteiger partial charge in [-0.1, -0.05) is 41.3 Å². The van der Waals surface area contributed by atoms with E-state index in [2.05, 4.69) is 22.7 Å². The molecule has 1 aliphatic rings. The smallest absolute Gasteiger partial charge is 0.263 e. The van der Waals surface area contributed by atoms with E-state index in [0.29, 0.717) is 32.1 Å². The maximum atomic E-state index is 13.1. The molecule has 4 rings (SSSR count). The van der Waals surface area contributed by atoms with Crippen molar-refractivity contribution in [2.75, 3.05) is 5.32 Å². The minimum atomic E-state index is -0.548. The molecule has 2 aromatic heterocycles. The molecule has 0 spiro atoms. The van der Waals surface area contributed by atoms with Gasteiger partial charge in [-0.3, -0.25) is 14.9 Å². The highest BCUT2D eigenvalue weighted by molar-refractivity contribution is 7.80. The average molecular weight is 523 g/mol. The van der Waals surface area contributed by atoms with Crippen molar-refractivity contribution in [3.05, 3.63) is 55.6 Å². The Bertz CT molecular complexity index is 1260. The molecule has 2 heterocycles. The summed E-state index contributed by atoms with van der Waals surface area (Å²) in [5, 5.41) is 10.8. The highest BCUT2D eigenvalue weighted by Gasteiger charge is 2.28. The van der Waals surface area contributed by atoms with Crippen molar-refractivity contribution in [2.24, 2.45) is 11.7 Å². The van der Waals surface area contributed by atoms with Crippen molar-refractivity contribution in [2.45, 2.75) is 33.1 Å². The lowest BCUT2D eigenvalue weighted by Gasteiger charge is -2.18. The highest BCUT2D eigenvalue weighted by atomic mass is 35.5. The molecule has 7 nitrogen and oxygen atoms in total. The molecule has 11 heteroatoms. The van der Waals surface area contributed by atoms with Gasteiger partial charge < -0.3 is 15.6 Å². The Morgan fingerprint density at radius 2 is 1.97 bits per heavy atom. The Balaban J connectivity index is 1.59. The number of aryl methyl sites for hydroxylation is 1. The maximum absolute atomic E-state index is 13.1. The average Bonchev–Trinajstić information content (AvgIpc) is 3.27. The van der Waals surface area contributed by atoms with Gasteiger partial charge in [0.1, 0.15) is 22.0 Å². The minimum Gasteiger partial charge on any atom is -0.365 e. The molecule has 33 heavy (non-hydrogen) atoms. The fourth-order valence-corrected chi connectivity index (χ4v) is 6.19. The van der Waals surface area contributed by atoms with E-state index >= 15 is 0 Å². The van der Waals surface area contributed by atoms with Crippen molar-refractivity contribution in [3.8, 4) is 11.3 Å². The number of carbonyl (C=O) groups excluding carboxylic acids is 2. The molecule has 1 atom stereocenters. The molecule has 0 bridgehead atoms. The first kappa shape index (κ1) is 23.7. The van der Waals surface area contributed by atoms with Crippen LogP contribution in [-0.4, -0.2) is 22.1 Å². The van der Waals surface area contributed by atoms with Crippen LogP contribution in [0.4, 0.5) is 5.00 Å². The van der Waals surface area contributed by atoms with Crippen LogP contribution in [0.25, 0.3) is 11.3 Å². The number of carbonyl (C=O) groups is 2. The number of nitrogens with one attached hydrogen (secondary N) is 2. The molecule has 172 valence electrons. The molecule has 0 unspecified atom stereocenters. The molecule has 1 aliphatic carbocycles. The van der Waals surface area contributed by atoms with Crippen molar-refractivity contribution in [1.82, 2.24) is 10.5 Å². The first-order valence-corrected chi connectivity index (χ1v) is 12.1. The van der Waals surface area contributed by atoms with E-state index < -0.39 is 11.8 Å². The van der Waals surface area contributed by atoms with Gasteiger partial charge in [0.05, 0.1) is 15.6 Å². The Hall–Kier alpha value is -2.46. The third-order valence-electron chi connectivity index (χ3n) is 5.50. The van der Waals surface area contributed by atoms with Gasteiger partial charge in [-0.15, -0.1) is 11.3 Å². The number of hydrogen-bond donors (Lipinski definition) is 3. The van der Waals surface area contributed by atoms with Crippen molar-refractivity contribution < 1.29 is 14.1 Å². The second kappa shape index (κ2) is 9.42. The fraction of sp³-hybridized carbons (Fsp3) is 0.273. The summed E-state index contributed by atoms with van der Waals surface area (Å²) in [4.78, 5) is 26.4. The number of amides is 2. The number of nitrogens with two attached hydrogens (primary N) is 1. The number of halogens is 2. The zero-order chi connectivity index (χ0) is 23.9. The molecule has 3 aromatic rings. The van der Waals surface area contributed by atoms with E-state index in [0.717, 1.165) is 29.7 Å².